The fraction of sp³-hybridized carbons (Fsp3) is 0.682. The molecule has 3 rings (SSSR count). The van der Waals surface area contributed by atoms with Crippen LogP contribution in [0.3, 0.4) is 0 Å². The van der Waals surface area contributed by atoms with Crippen LogP contribution in [0.2, 0.25) is 0 Å². The number of carbonyl (C=O) groups excluding carboxylic acids is 1. The lowest BCUT2D eigenvalue weighted by molar-refractivity contribution is -0.560. The summed E-state index contributed by atoms with van der Waals surface area (Å²) in [7, 11) is 1.80. The van der Waals surface area contributed by atoms with Crippen molar-refractivity contribution in [2.24, 2.45) is 11.8 Å². The Hall–Kier alpha value is -1.91. The third-order valence-corrected chi connectivity index (χ3v) is 6.33. The molecule has 5 heteroatoms. The van der Waals surface area contributed by atoms with Crippen molar-refractivity contribution in [3.8, 4) is 0 Å². The molecule has 0 bridgehead atoms. The number of fused-ring (bicyclic) bond motifs is 1. The van der Waals surface area contributed by atoms with Crippen LogP contribution in [0.4, 0.5) is 5.69 Å². The minimum atomic E-state index is -0.174. The van der Waals surface area contributed by atoms with Gasteiger partial charge < -0.3 is 5.32 Å². The van der Waals surface area contributed by atoms with Crippen molar-refractivity contribution in [3.63, 3.8) is 0 Å². The number of carbonyl (C=O) groups is 1. The van der Waals surface area contributed by atoms with Gasteiger partial charge in [-0.1, -0.05) is 64.2 Å². The number of benzene rings is 1. The van der Waals surface area contributed by atoms with E-state index in [4.69, 9.17) is 0 Å². The van der Waals surface area contributed by atoms with Crippen molar-refractivity contribution in [2.45, 2.75) is 70.8 Å². The lowest BCUT2D eigenvalue weighted by Gasteiger charge is -2.28. The van der Waals surface area contributed by atoms with Crippen LogP contribution in [0.15, 0.2) is 24.3 Å². The van der Waals surface area contributed by atoms with Gasteiger partial charge in [-0.25, -0.2) is 0 Å². The monoisotopic (exact) mass is 372 g/mol. The summed E-state index contributed by atoms with van der Waals surface area (Å²) in [5.41, 5.74) is 2.08. The zero-order chi connectivity index (χ0) is 19.4. The van der Waals surface area contributed by atoms with E-state index >= 15 is 0 Å². The van der Waals surface area contributed by atoms with Gasteiger partial charge >= 0.3 is 0 Å². The van der Waals surface area contributed by atoms with Crippen LogP contribution in [-0.4, -0.2) is 30.4 Å². The van der Waals surface area contributed by atoms with Gasteiger partial charge in [0.15, 0.2) is 0 Å². The number of nitrogens with zero attached hydrogens (tertiary/aromatic N) is 2. The van der Waals surface area contributed by atoms with Gasteiger partial charge in [0, 0.05) is 12.3 Å². The highest BCUT2D eigenvalue weighted by molar-refractivity contribution is 5.76. The van der Waals surface area contributed by atoms with E-state index in [9.17, 15) is 9.70 Å². The first-order chi connectivity index (χ1) is 13.0. The average molecular weight is 373 g/mol. The smallest absolute Gasteiger partial charge is 0.246 e. The van der Waals surface area contributed by atoms with Crippen LogP contribution in [0.1, 0.15) is 70.3 Å². The van der Waals surface area contributed by atoms with E-state index in [-0.39, 0.29) is 24.4 Å². The highest BCUT2D eigenvalue weighted by Gasteiger charge is 2.40. The molecule has 1 aromatic carbocycles. The molecular formula is C22H34N3O2+. The zero-order valence-corrected chi connectivity index (χ0v) is 17.0. The number of nitroso groups, excluding NO2 is 1. The number of nitrogens with one attached hydrogen (secondary N) is 1. The van der Waals surface area contributed by atoms with E-state index in [1.54, 1.807) is 12.1 Å². The molecule has 27 heavy (non-hydrogen) atoms. The summed E-state index contributed by atoms with van der Waals surface area (Å²) in [6, 6.07) is 7.89. The Kier molecular flexibility index (Phi) is 6.51. The lowest BCUT2D eigenvalue weighted by Crippen LogP contribution is -2.46. The van der Waals surface area contributed by atoms with Gasteiger partial charge in [-0.15, -0.1) is 5.01 Å². The first kappa shape index (κ1) is 19.8. The molecule has 0 saturated heterocycles. The van der Waals surface area contributed by atoms with E-state index in [1.165, 1.54) is 32.1 Å². The maximum absolute atomic E-state index is 12.7. The Labute approximate surface area is 163 Å². The van der Waals surface area contributed by atoms with Gasteiger partial charge in [-0.05, 0) is 29.9 Å². The standard InChI is InChI=1S/C22H33N3O2/c1-16(2)22-18-11-7-8-12-20(18)24(3)25(27)15-19(22)23-21(26)14-13-17-9-5-4-6-10-17/h7-8,11-12,16-17,19,22H,4-6,9-10,13-15H2,1-3H3/p+1. The molecule has 1 aromatic rings. The van der Waals surface area contributed by atoms with Crippen molar-refractivity contribution >= 4 is 11.6 Å². The molecule has 2 atom stereocenters. The zero-order valence-electron chi connectivity index (χ0n) is 17.0. The molecule has 1 heterocycles. The Morgan fingerprint density at radius 3 is 2.63 bits per heavy atom. The maximum atomic E-state index is 12.7. The second-order valence-electron chi connectivity index (χ2n) is 8.60. The molecule has 1 aliphatic carbocycles. The Morgan fingerprint density at radius 2 is 1.93 bits per heavy atom. The predicted molar refractivity (Wildman–Crippen MR) is 109 cm³/mol. The van der Waals surface area contributed by atoms with Crippen LogP contribution in [0.5, 0.6) is 0 Å². The number of hydrazine groups is 1. The largest absolute Gasteiger partial charge is 0.346 e. The predicted octanol–water partition coefficient (Wildman–Crippen LogP) is 4.42. The number of hydrogen-bond acceptors (Lipinski definition) is 2. The first-order valence-corrected chi connectivity index (χ1v) is 10.5. The summed E-state index contributed by atoms with van der Waals surface area (Å²) in [6.07, 6.45) is 8.02. The average Bonchev–Trinajstić information content (AvgIpc) is 2.76. The minimum Gasteiger partial charge on any atom is -0.346 e. The molecule has 1 amide bonds. The number of para-hydroxylation sites is 1. The first-order valence-electron chi connectivity index (χ1n) is 10.5. The van der Waals surface area contributed by atoms with Gasteiger partial charge in [0.1, 0.15) is 16.6 Å². The quantitative estimate of drug-likeness (QED) is 0.779. The van der Waals surface area contributed by atoms with E-state index in [2.05, 4.69) is 25.2 Å². The Morgan fingerprint density at radius 1 is 1.22 bits per heavy atom. The van der Waals surface area contributed by atoms with Crippen molar-refractivity contribution in [2.75, 3.05) is 18.6 Å². The summed E-state index contributed by atoms with van der Waals surface area (Å²) >= 11 is 0. The van der Waals surface area contributed by atoms with E-state index in [1.807, 2.05) is 18.2 Å². The van der Waals surface area contributed by atoms with Crippen LogP contribution in [0, 0.1) is 16.7 Å². The fourth-order valence-corrected chi connectivity index (χ4v) is 4.85. The molecule has 2 unspecified atom stereocenters. The van der Waals surface area contributed by atoms with Crippen LogP contribution in [-0.2, 0) is 4.79 Å². The lowest BCUT2D eigenvalue weighted by atomic mass is 9.81. The van der Waals surface area contributed by atoms with Crippen LogP contribution in [0.25, 0.3) is 0 Å². The van der Waals surface area contributed by atoms with Gasteiger partial charge in [0.2, 0.25) is 12.5 Å². The molecule has 1 aliphatic heterocycles. The SMILES string of the molecule is CC(C)C1c2ccccc2N(C)[N+](=O)CC1NC(=O)CCC1CCCCC1. The van der Waals surface area contributed by atoms with E-state index < -0.39 is 0 Å². The van der Waals surface area contributed by atoms with Crippen molar-refractivity contribution < 1.29 is 9.66 Å². The second kappa shape index (κ2) is 8.85. The molecule has 2 aliphatic rings. The normalized spacial score (nSPS) is 23.9. The third-order valence-electron chi connectivity index (χ3n) is 6.33. The topological polar surface area (TPSA) is 52.4 Å². The molecule has 0 aromatic heterocycles. The molecule has 148 valence electrons. The van der Waals surface area contributed by atoms with Crippen LogP contribution >= 0.6 is 0 Å². The summed E-state index contributed by atoms with van der Waals surface area (Å²) in [5, 5.41) is 4.88. The van der Waals surface area contributed by atoms with Gasteiger partial charge in [0.05, 0.1) is 12.0 Å². The van der Waals surface area contributed by atoms with Crippen molar-refractivity contribution in [1.29, 1.82) is 0 Å². The van der Waals surface area contributed by atoms with E-state index in [0.717, 1.165) is 22.5 Å². The number of rotatable bonds is 5. The highest BCUT2D eigenvalue weighted by atomic mass is 16.3. The molecule has 1 N–H and O–H groups in total. The number of anilines is 1. The summed E-state index contributed by atoms with van der Waals surface area (Å²) in [5.74, 6) is 1.24. The number of amides is 1. The fourth-order valence-electron chi connectivity index (χ4n) is 4.85. The third kappa shape index (κ3) is 4.69. The van der Waals surface area contributed by atoms with Gasteiger partial charge in [0.25, 0.3) is 0 Å². The molecular weight excluding hydrogens is 338 g/mol. The Bertz CT molecular complexity index is 667. The number of hydrogen-bond donors (Lipinski definition) is 1. The molecule has 1 fully saturated rings. The van der Waals surface area contributed by atoms with Gasteiger partial charge in [-0.2, -0.15) is 0 Å². The highest BCUT2D eigenvalue weighted by Crippen LogP contribution is 2.37. The maximum Gasteiger partial charge on any atom is 0.246 e. The molecule has 5 nitrogen and oxygen atoms in total. The molecule has 1 saturated carbocycles. The minimum absolute atomic E-state index is 0.0895. The summed E-state index contributed by atoms with van der Waals surface area (Å²) in [4.78, 5) is 26.3. The molecule has 0 radical (unpaired) electrons. The second-order valence-corrected chi connectivity index (χ2v) is 8.60. The van der Waals surface area contributed by atoms with E-state index in [0.29, 0.717) is 18.3 Å². The summed E-state index contributed by atoms with van der Waals surface area (Å²) < 4.78 is 0. The van der Waals surface area contributed by atoms with Crippen molar-refractivity contribution in [3.05, 3.63) is 34.7 Å². The molecule has 0 spiro atoms. The van der Waals surface area contributed by atoms with Gasteiger partial charge in [-0.3, -0.25) is 4.79 Å². The summed E-state index contributed by atoms with van der Waals surface area (Å²) in [6.45, 7) is 4.62. The van der Waals surface area contributed by atoms with Crippen LogP contribution < -0.4 is 10.3 Å². The van der Waals surface area contributed by atoms with Crippen molar-refractivity contribution in [1.82, 2.24) is 5.32 Å². The Balaban J connectivity index is 1.72.